The van der Waals surface area contributed by atoms with Crippen molar-refractivity contribution in [2.45, 2.75) is 38.1 Å². The topological polar surface area (TPSA) is 12.0 Å². The van der Waals surface area contributed by atoms with Crippen LogP contribution in [-0.4, -0.2) is 12.6 Å². The molecule has 1 N–H and O–H groups in total. The van der Waals surface area contributed by atoms with Crippen LogP contribution >= 0.6 is 0 Å². The minimum atomic E-state index is 0.737. The minimum absolute atomic E-state index is 0.737. The molecule has 0 spiro atoms. The number of benzene rings is 1. The van der Waals surface area contributed by atoms with Gasteiger partial charge in [0.05, 0.1) is 0 Å². The molecule has 74 valence electrons. The van der Waals surface area contributed by atoms with Crippen LogP contribution in [0.5, 0.6) is 0 Å². The summed E-state index contributed by atoms with van der Waals surface area (Å²) >= 11 is 0. The Balaban J connectivity index is 2.02. The summed E-state index contributed by atoms with van der Waals surface area (Å²) in [5.74, 6) is 0.804. The summed E-state index contributed by atoms with van der Waals surface area (Å²) in [7, 11) is 0. The van der Waals surface area contributed by atoms with Crippen LogP contribution in [0.2, 0.25) is 0 Å². The average molecular weight is 187 g/mol. The van der Waals surface area contributed by atoms with Crippen LogP contribution in [0, 0.1) is 6.92 Å². The lowest BCUT2D eigenvalue weighted by molar-refractivity contribution is 0.372. The Morgan fingerprint density at radius 2 is 2.29 bits per heavy atom. The maximum atomic E-state index is 3.65. The molecule has 0 aromatic heterocycles. The number of piperidine rings is 1. The number of fused-ring (bicyclic) bond motifs is 3. The highest BCUT2D eigenvalue weighted by molar-refractivity contribution is 5.40. The second-order valence-corrected chi connectivity index (χ2v) is 4.72. The van der Waals surface area contributed by atoms with E-state index in [0.717, 1.165) is 12.0 Å². The molecule has 3 rings (SSSR count). The molecule has 1 fully saturated rings. The number of hydrogen-bond acceptors (Lipinski definition) is 1. The van der Waals surface area contributed by atoms with Gasteiger partial charge in [-0.15, -0.1) is 0 Å². The van der Waals surface area contributed by atoms with E-state index in [1.807, 2.05) is 0 Å². The smallest absolute Gasteiger partial charge is 0.0176 e. The van der Waals surface area contributed by atoms with Crippen LogP contribution in [0.4, 0.5) is 0 Å². The molecule has 14 heavy (non-hydrogen) atoms. The third-order valence-electron chi connectivity index (χ3n) is 3.72. The molecule has 1 saturated heterocycles. The van der Waals surface area contributed by atoms with Crippen LogP contribution < -0.4 is 5.32 Å². The van der Waals surface area contributed by atoms with Crippen LogP contribution in [0.3, 0.4) is 0 Å². The van der Waals surface area contributed by atoms with Crippen molar-refractivity contribution in [2.75, 3.05) is 6.54 Å². The summed E-state index contributed by atoms with van der Waals surface area (Å²) in [6.45, 7) is 3.41. The molecule has 2 unspecified atom stereocenters. The molecule has 1 aromatic rings. The SMILES string of the molecule is Cc1ccc2c(c1)C1CCCNC1C2. The van der Waals surface area contributed by atoms with Crippen LogP contribution in [-0.2, 0) is 6.42 Å². The van der Waals surface area contributed by atoms with Gasteiger partial charge in [0, 0.05) is 6.04 Å². The second-order valence-electron chi connectivity index (χ2n) is 4.72. The number of hydrogen-bond donors (Lipinski definition) is 1. The first kappa shape index (κ1) is 8.49. The van der Waals surface area contributed by atoms with Crippen molar-refractivity contribution in [1.82, 2.24) is 5.32 Å². The van der Waals surface area contributed by atoms with Gasteiger partial charge in [-0.2, -0.15) is 0 Å². The van der Waals surface area contributed by atoms with Crippen LogP contribution in [0.15, 0.2) is 18.2 Å². The van der Waals surface area contributed by atoms with E-state index < -0.39 is 0 Å². The Hall–Kier alpha value is -0.820. The third-order valence-corrected chi connectivity index (χ3v) is 3.72. The van der Waals surface area contributed by atoms with E-state index in [4.69, 9.17) is 0 Å². The van der Waals surface area contributed by atoms with Crippen molar-refractivity contribution in [2.24, 2.45) is 0 Å². The lowest BCUT2D eigenvalue weighted by atomic mass is 9.90. The molecular weight excluding hydrogens is 170 g/mol. The first-order valence-corrected chi connectivity index (χ1v) is 5.67. The van der Waals surface area contributed by atoms with Gasteiger partial charge in [-0.05, 0) is 49.8 Å². The van der Waals surface area contributed by atoms with E-state index in [1.54, 1.807) is 11.1 Å². The normalized spacial score (nSPS) is 29.8. The lowest BCUT2D eigenvalue weighted by Gasteiger charge is -2.27. The molecule has 0 amide bonds. The van der Waals surface area contributed by atoms with Gasteiger partial charge in [0.1, 0.15) is 0 Å². The van der Waals surface area contributed by atoms with E-state index in [9.17, 15) is 0 Å². The maximum Gasteiger partial charge on any atom is 0.0176 e. The van der Waals surface area contributed by atoms with Gasteiger partial charge in [0.15, 0.2) is 0 Å². The fourth-order valence-electron chi connectivity index (χ4n) is 3.02. The van der Waals surface area contributed by atoms with E-state index in [2.05, 4.69) is 30.4 Å². The van der Waals surface area contributed by atoms with Crippen molar-refractivity contribution in [3.8, 4) is 0 Å². The quantitative estimate of drug-likeness (QED) is 0.657. The highest BCUT2D eigenvalue weighted by Gasteiger charge is 2.33. The molecule has 0 bridgehead atoms. The third kappa shape index (κ3) is 1.19. The zero-order valence-corrected chi connectivity index (χ0v) is 8.72. The Morgan fingerprint density at radius 3 is 3.21 bits per heavy atom. The largest absolute Gasteiger partial charge is 0.313 e. The molecule has 1 nitrogen and oxygen atoms in total. The summed E-state index contributed by atoms with van der Waals surface area (Å²) in [6, 6.07) is 7.70. The predicted octanol–water partition coefficient (Wildman–Crippen LogP) is 2.39. The molecule has 1 aliphatic heterocycles. The van der Waals surface area contributed by atoms with Crippen LogP contribution in [0.1, 0.15) is 35.4 Å². The Bertz CT molecular complexity index is 356. The van der Waals surface area contributed by atoms with Crippen molar-refractivity contribution < 1.29 is 0 Å². The Kier molecular flexibility index (Phi) is 1.88. The maximum absolute atomic E-state index is 3.65. The van der Waals surface area contributed by atoms with E-state index >= 15 is 0 Å². The summed E-state index contributed by atoms with van der Waals surface area (Å²) in [4.78, 5) is 0. The molecule has 1 heterocycles. The molecular formula is C13H17N. The van der Waals surface area contributed by atoms with Gasteiger partial charge in [-0.3, -0.25) is 0 Å². The summed E-state index contributed by atoms with van der Waals surface area (Å²) < 4.78 is 0. The van der Waals surface area contributed by atoms with Crippen molar-refractivity contribution in [3.63, 3.8) is 0 Å². The van der Waals surface area contributed by atoms with Crippen LogP contribution in [0.25, 0.3) is 0 Å². The summed E-state index contributed by atoms with van der Waals surface area (Å²) in [5.41, 5.74) is 4.62. The Morgan fingerprint density at radius 1 is 1.36 bits per heavy atom. The fourth-order valence-corrected chi connectivity index (χ4v) is 3.02. The highest BCUT2D eigenvalue weighted by atomic mass is 14.9. The minimum Gasteiger partial charge on any atom is -0.313 e. The second kappa shape index (κ2) is 3.09. The fraction of sp³-hybridized carbons (Fsp3) is 0.538. The molecule has 2 atom stereocenters. The first-order chi connectivity index (χ1) is 6.84. The summed E-state index contributed by atoms with van der Waals surface area (Å²) in [6.07, 6.45) is 3.98. The van der Waals surface area contributed by atoms with Gasteiger partial charge in [-0.25, -0.2) is 0 Å². The number of nitrogens with one attached hydrogen (secondary N) is 1. The average Bonchev–Trinajstić information content (AvgIpc) is 2.56. The van der Waals surface area contributed by atoms with Gasteiger partial charge in [0.2, 0.25) is 0 Å². The number of aryl methyl sites for hydroxylation is 1. The standard InChI is InChI=1S/C13H17N/c1-9-4-5-10-8-13-11(12(10)7-9)3-2-6-14-13/h4-5,7,11,13-14H,2-3,6,8H2,1H3. The monoisotopic (exact) mass is 187 g/mol. The van der Waals surface area contributed by atoms with E-state index in [1.165, 1.54) is 31.4 Å². The van der Waals surface area contributed by atoms with Crippen molar-refractivity contribution in [1.29, 1.82) is 0 Å². The van der Waals surface area contributed by atoms with Gasteiger partial charge >= 0.3 is 0 Å². The van der Waals surface area contributed by atoms with Gasteiger partial charge < -0.3 is 5.32 Å². The molecule has 0 saturated carbocycles. The number of rotatable bonds is 0. The lowest BCUT2D eigenvalue weighted by Crippen LogP contribution is -2.37. The molecule has 0 radical (unpaired) electrons. The zero-order chi connectivity index (χ0) is 9.54. The van der Waals surface area contributed by atoms with Crippen molar-refractivity contribution in [3.05, 3.63) is 34.9 Å². The van der Waals surface area contributed by atoms with E-state index in [-0.39, 0.29) is 0 Å². The van der Waals surface area contributed by atoms with E-state index in [0.29, 0.717) is 0 Å². The predicted molar refractivity (Wildman–Crippen MR) is 58.6 cm³/mol. The molecule has 1 aliphatic carbocycles. The molecule has 2 aliphatic rings. The van der Waals surface area contributed by atoms with Crippen molar-refractivity contribution >= 4 is 0 Å². The van der Waals surface area contributed by atoms with Gasteiger partial charge in [-0.1, -0.05) is 23.8 Å². The first-order valence-electron chi connectivity index (χ1n) is 5.67. The Labute approximate surface area is 85.5 Å². The zero-order valence-electron chi connectivity index (χ0n) is 8.72. The molecule has 1 heteroatoms. The summed E-state index contributed by atoms with van der Waals surface area (Å²) in [5, 5.41) is 3.65. The van der Waals surface area contributed by atoms with Gasteiger partial charge in [0.25, 0.3) is 0 Å². The molecule has 1 aromatic carbocycles. The highest BCUT2D eigenvalue weighted by Crippen LogP contribution is 2.38.